The van der Waals surface area contributed by atoms with Crippen LogP contribution in [0.15, 0.2) is 38.6 Å². The van der Waals surface area contributed by atoms with Crippen LogP contribution in [0.2, 0.25) is 0 Å². The van der Waals surface area contributed by atoms with Crippen molar-refractivity contribution >= 4 is 24.0 Å². The van der Waals surface area contributed by atoms with E-state index in [0.717, 1.165) is 11.1 Å². The second-order valence-electron chi connectivity index (χ2n) is 8.16. The number of nitrogens with zero attached hydrogens (tertiary/aromatic N) is 6. The number of aryl methyl sites for hydroxylation is 1. The molecule has 0 radical (unpaired) electrons. The van der Waals surface area contributed by atoms with Gasteiger partial charge >= 0.3 is 6.03 Å². The number of carbonyl (C=O) groups is 1. The van der Waals surface area contributed by atoms with E-state index in [0.29, 0.717) is 36.8 Å². The molecule has 0 N–H and O–H groups in total. The zero-order valence-corrected chi connectivity index (χ0v) is 18.0. The number of aliphatic imine (C=N–C) groups is 1. The van der Waals surface area contributed by atoms with Gasteiger partial charge in [0.15, 0.2) is 17.5 Å². The summed E-state index contributed by atoms with van der Waals surface area (Å²) < 4.78 is 25.5. The third kappa shape index (κ3) is 3.55. The lowest BCUT2D eigenvalue weighted by molar-refractivity contribution is 0.0254. The Labute approximate surface area is 184 Å². The van der Waals surface area contributed by atoms with Gasteiger partial charge in [0, 0.05) is 37.4 Å². The van der Waals surface area contributed by atoms with E-state index in [-0.39, 0.29) is 30.0 Å². The van der Waals surface area contributed by atoms with Gasteiger partial charge in [0.05, 0.1) is 31.0 Å². The van der Waals surface area contributed by atoms with Gasteiger partial charge in [0.1, 0.15) is 24.1 Å². The number of urea groups is 1. The molecule has 0 bridgehead atoms. The van der Waals surface area contributed by atoms with Crippen LogP contribution in [0.25, 0.3) is 5.57 Å². The van der Waals surface area contributed by atoms with Crippen LogP contribution in [-0.4, -0.2) is 63.6 Å². The molecule has 0 aromatic carbocycles. The first kappa shape index (κ1) is 20.3. The van der Waals surface area contributed by atoms with Gasteiger partial charge in [-0.2, -0.15) is 5.10 Å². The monoisotopic (exact) mass is 438 g/mol. The van der Waals surface area contributed by atoms with E-state index >= 15 is 0 Å². The minimum atomic E-state index is -0.533. The van der Waals surface area contributed by atoms with Gasteiger partial charge < -0.3 is 14.1 Å². The maximum Gasteiger partial charge on any atom is 0.341 e. The number of allylic oxidation sites excluding steroid dienone is 1. The van der Waals surface area contributed by atoms with Crippen molar-refractivity contribution in [2.75, 3.05) is 13.1 Å². The van der Waals surface area contributed by atoms with Crippen LogP contribution in [0.4, 0.5) is 9.18 Å². The Hall–Kier alpha value is -3.56. The summed E-state index contributed by atoms with van der Waals surface area (Å²) in [5, 5.41) is 5.62. The Morgan fingerprint density at radius 2 is 2.12 bits per heavy atom. The normalized spacial score (nSPS) is 22.8. The lowest BCUT2D eigenvalue weighted by atomic mass is 10.0. The number of halogens is 1. The predicted molar refractivity (Wildman–Crippen MR) is 115 cm³/mol. The molecule has 2 aromatic rings. The van der Waals surface area contributed by atoms with Crippen LogP contribution in [0.1, 0.15) is 43.6 Å². The molecule has 0 aliphatic carbocycles. The molecule has 2 amide bonds. The largest absolute Gasteiger partial charge is 0.483 e. The van der Waals surface area contributed by atoms with Crippen molar-refractivity contribution in [2.45, 2.75) is 45.4 Å². The Kier molecular flexibility index (Phi) is 4.99. The van der Waals surface area contributed by atoms with Gasteiger partial charge in [0.2, 0.25) is 0 Å². The van der Waals surface area contributed by atoms with Crippen LogP contribution in [0.3, 0.4) is 0 Å². The summed E-state index contributed by atoms with van der Waals surface area (Å²) >= 11 is 0. The molecule has 5 rings (SSSR count). The molecule has 2 atom stereocenters. The Balaban J connectivity index is 1.23. The summed E-state index contributed by atoms with van der Waals surface area (Å²) in [5.74, 6) is 0.135. The smallest absolute Gasteiger partial charge is 0.341 e. The zero-order chi connectivity index (χ0) is 22.4. The lowest BCUT2D eigenvalue weighted by Crippen LogP contribution is -2.58. The molecule has 2 unspecified atom stereocenters. The summed E-state index contributed by atoms with van der Waals surface area (Å²) in [4.78, 5) is 27.4. The van der Waals surface area contributed by atoms with Crippen LogP contribution in [-0.2, 0) is 0 Å². The van der Waals surface area contributed by atoms with Gasteiger partial charge in [-0.25, -0.2) is 19.2 Å². The molecule has 9 nitrogen and oxygen atoms in total. The number of amides is 2. The number of pyridine rings is 1. The third-order valence-electron chi connectivity index (χ3n) is 5.85. The van der Waals surface area contributed by atoms with Crippen molar-refractivity contribution in [2.24, 2.45) is 10.1 Å². The molecule has 0 saturated carbocycles. The summed E-state index contributed by atoms with van der Waals surface area (Å²) in [6, 6.07) is 1.06. The van der Waals surface area contributed by atoms with Crippen LogP contribution in [0, 0.1) is 12.7 Å². The van der Waals surface area contributed by atoms with Crippen molar-refractivity contribution in [3.8, 4) is 5.75 Å². The molecule has 166 valence electrons. The van der Waals surface area contributed by atoms with Crippen molar-refractivity contribution in [1.29, 1.82) is 0 Å². The third-order valence-corrected chi connectivity index (χ3v) is 5.85. The van der Waals surface area contributed by atoms with E-state index < -0.39 is 5.82 Å². The standard InChI is InChI=1S/C22H23FN6O3/c1-12-7-24-13(2)21(12)17-6-20(16(23)8-25-17)32-15-9-28(10-15)22(30)29-19(4-5-26-29)18-11-31-14(3)27-18/h5-8,11,13,15,19H,4,9-10H2,1-3H3. The fraction of sp³-hybridized carbons (Fsp3) is 0.409. The minimum Gasteiger partial charge on any atom is -0.483 e. The number of carbonyl (C=O) groups excluding carboxylic acids is 1. The highest BCUT2D eigenvalue weighted by molar-refractivity contribution is 5.95. The molecule has 0 spiro atoms. The van der Waals surface area contributed by atoms with Crippen molar-refractivity contribution in [3.05, 3.63) is 47.2 Å². The molecule has 2 aromatic heterocycles. The molecular weight excluding hydrogens is 415 g/mol. The van der Waals surface area contributed by atoms with Gasteiger partial charge in [-0.3, -0.25) is 9.98 Å². The van der Waals surface area contributed by atoms with E-state index in [2.05, 4.69) is 20.1 Å². The van der Waals surface area contributed by atoms with Gasteiger partial charge in [-0.1, -0.05) is 0 Å². The van der Waals surface area contributed by atoms with Crippen LogP contribution in [0.5, 0.6) is 5.75 Å². The number of likely N-dealkylation sites (tertiary alicyclic amines) is 1. The minimum absolute atomic E-state index is 0.0277. The van der Waals surface area contributed by atoms with Crippen LogP contribution >= 0.6 is 0 Å². The Bertz CT molecular complexity index is 1150. The quantitative estimate of drug-likeness (QED) is 0.729. The van der Waals surface area contributed by atoms with Gasteiger partial charge in [-0.15, -0.1) is 0 Å². The molecule has 1 fully saturated rings. The molecule has 3 aliphatic rings. The Morgan fingerprint density at radius 3 is 2.81 bits per heavy atom. The predicted octanol–water partition coefficient (Wildman–Crippen LogP) is 3.38. The number of hydrogen-bond donors (Lipinski definition) is 0. The average molecular weight is 438 g/mol. The zero-order valence-electron chi connectivity index (χ0n) is 18.0. The number of ether oxygens (including phenoxy) is 1. The molecule has 32 heavy (non-hydrogen) atoms. The maximum absolute atomic E-state index is 14.4. The van der Waals surface area contributed by atoms with Gasteiger partial charge in [0.25, 0.3) is 0 Å². The van der Waals surface area contributed by atoms with Gasteiger partial charge in [-0.05, 0) is 19.4 Å². The first-order valence-electron chi connectivity index (χ1n) is 10.5. The highest BCUT2D eigenvalue weighted by Gasteiger charge is 2.40. The topological polar surface area (TPSA) is 96.4 Å². The number of oxazole rings is 1. The molecular formula is C22H23FN6O3. The fourth-order valence-electron chi connectivity index (χ4n) is 4.14. The second kappa shape index (κ2) is 7.85. The summed E-state index contributed by atoms with van der Waals surface area (Å²) in [7, 11) is 0. The molecule has 3 aliphatic heterocycles. The number of hydrazone groups is 1. The number of aromatic nitrogens is 2. The number of hydrogen-bond acceptors (Lipinski definition) is 7. The molecule has 1 saturated heterocycles. The van der Waals surface area contributed by atoms with E-state index in [4.69, 9.17) is 9.15 Å². The summed E-state index contributed by atoms with van der Waals surface area (Å²) in [6.07, 6.45) is 6.48. The Morgan fingerprint density at radius 1 is 1.31 bits per heavy atom. The number of rotatable bonds is 4. The molecule has 5 heterocycles. The van der Waals surface area contributed by atoms with Crippen LogP contribution < -0.4 is 4.74 Å². The fourth-order valence-corrected chi connectivity index (χ4v) is 4.14. The maximum atomic E-state index is 14.4. The summed E-state index contributed by atoms with van der Waals surface area (Å²) in [5.41, 5.74) is 3.28. The van der Waals surface area contributed by atoms with E-state index in [1.165, 1.54) is 11.2 Å². The molecule has 10 heteroatoms. The van der Waals surface area contributed by atoms with Crippen molar-refractivity contribution in [1.82, 2.24) is 19.9 Å². The second-order valence-corrected chi connectivity index (χ2v) is 8.16. The lowest BCUT2D eigenvalue weighted by Gasteiger charge is -2.40. The first-order chi connectivity index (χ1) is 15.4. The van der Waals surface area contributed by atoms with E-state index in [1.807, 2.05) is 13.8 Å². The summed E-state index contributed by atoms with van der Waals surface area (Å²) in [6.45, 7) is 6.36. The SMILES string of the molecule is CC1=C(c2cc(OC3CN(C(=O)N4N=CCC4c4coc(C)n4)C3)c(F)cn2)C(C)N=C1. The van der Waals surface area contributed by atoms with E-state index in [9.17, 15) is 9.18 Å². The van der Waals surface area contributed by atoms with Crippen molar-refractivity contribution < 1.29 is 18.3 Å². The highest BCUT2D eigenvalue weighted by atomic mass is 19.1. The van der Waals surface area contributed by atoms with Crippen molar-refractivity contribution in [3.63, 3.8) is 0 Å². The average Bonchev–Trinajstić information content (AvgIpc) is 3.46. The highest BCUT2D eigenvalue weighted by Crippen LogP contribution is 2.32. The first-order valence-corrected chi connectivity index (χ1v) is 10.5. The van der Waals surface area contributed by atoms with E-state index in [1.54, 1.807) is 36.6 Å².